The number of hydrogen-bond acceptors (Lipinski definition) is 4. The lowest BCUT2D eigenvalue weighted by Gasteiger charge is -2.03. The van der Waals surface area contributed by atoms with Gasteiger partial charge < -0.3 is 0 Å². The molecule has 1 aromatic heterocycles. The van der Waals surface area contributed by atoms with Gasteiger partial charge in [-0.2, -0.15) is 5.26 Å². The molecule has 0 bridgehead atoms. The molecular formula is C7H2ClF2N3O2. The van der Waals surface area contributed by atoms with E-state index in [2.05, 4.69) is 4.98 Å². The Bertz CT molecular complexity index is 458. The molecule has 0 unspecified atom stereocenters. The molecule has 0 N–H and O–H groups in total. The van der Waals surface area contributed by atoms with Gasteiger partial charge in [0.05, 0.1) is 11.0 Å². The van der Waals surface area contributed by atoms with Gasteiger partial charge in [0.15, 0.2) is 5.69 Å². The molecule has 0 saturated carbocycles. The second-order valence-electron chi connectivity index (χ2n) is 2.40. The van der Waals surface area contributed by atoms with Crippen molar-refractivity contribution in [3.05, 3.63) is 32.6 Å². The van der Waals surface area contributed by atoms with Gasteiger partial charge in [-0.05, 0) is 0 Å². The van der Waals surface area contributed by atoms with Crippen molar-refractivity contribution in [1.82, 2.24) is 4.98 Å². The van der Waals surface area contributed by atoms with E-state index in [0.717, 1.165) is 0 Å². The second kappa shape index (κ2) is 4.14. The molecule has 0 atom stereocenters. The zero-order chi connectivity index (χ0) is 11.6. The first-order valence-corrected chi connectivity index (χ1v) is 3.88. The Kier molecular flexibility index (Phi) is 3.11. The lowest BCUT2D eigenvalue weighted by molar-refractivity contribution is -0.386. The Morgan fingerprint density at radius 2 is 2.27 bits per heavy atom. The van der Waals surface area contributed by atoms with Crippen molar-refractivity contribution >= 4 is 17.3 Å². The topological polar surface area (TPSA) is 79.8 Å². The van der Waals surface area contributed by atoms with Crippen molar-refractivity contribution in [3.63, 3.8) is 0 Å². The number of aromatic nitrogens is 1. The summed E-state index contributed by atoms with van der Waals surface area (Å²) in [5.74, 6) is 0. The average molecular weight is 234 g/mol. The maximum atomic E-state index is 12.4. The van der Waals surface area contributed by atoms with Gasteiger partial charge in [0.2, 0.25) is 0 Å². The van der Waals surface area contributed by atoms with Gasteiger partial charge in [-0.15, -0.1) is 0 Å². The van der Waals surface area contributed by atoms with E-state index in [1.54, 1.807) is 0 Å². The maximum absolute atomic E-state index is 12.4. The molecule has 0 aliphatic carbocycles. The third kappa shape index (κ3) is 2.16. The highest BCUT2D eigenvalue weighted by Gasteiger charge is 2.27. The van der Waals surface area contributed by atoms with Gasteiger partial charge in [0, 0.05) is 0 Å². The van der Waals surface area contributed by atoms with E-state index in [0.29, 0.717) is 6.07 Å². The van der Waals surface area contributed by atoms with Crippen molar-refractivity contribution in [2.75, 3.05) is 0 Å². The van der Waals surface area contributed by atoms with Crippen LogP contribution in [0.2, 0.25) is 5.15 Å². The van der Waals surface area contributed by atoms with Crippen LogP contribution in [0.5, 0.6) is 0 Å². The molecule has 0 aromatic carbocycles. The van der Waals surface area contributed by atoms with E-state index in [4.69, 9.17) is 16.9 Å². The normalized spacial score (nSPS) is 10.1. The van der Waals surface area contributed by atoms with Crippen molar-refractivity contribution in [1.29, 1.82) is 5.26 Å². The summed E-state index contributed by atoms with van der Waals surface area (Å²) in [7, 11) is 0. The summed E-state index contributed by atoms with van der Waals surface area (Å²) in [4.78, 5) is 12.7. The highest BCUT2D eigenvalue weighted by Crippen LogP contribution is 2.32. The van der Waals surface area contributed by atoms with E-state index in [-0.39, 0.29) is 5.15 Å². The molecule has 0 radical (unpaired) electrons. The van der Waals surface area contributed by atoms with Crippen molar-refractivity contribution < 1.29 is 13.7 Å². The number of nitro groups is 1. The van der Waals surface area contributed by atoms with Crippen molar-refractivity contribution in [2.24, 2.45) is 0 Å². The highest BCUT2D eigenvalue weighted by molar-refractivity contribution is 6.29. The van der Waals surface area contributed by atoms with E-state index in [1.807, 2.05) is 0 Å². The predicted octanol–water partition coefficient (Wildman–Crippen LogP) is 2.45. The van der Waals surface area contributed by atoms with Gasteiger partial charge in [0.1, 0.15) is 16.8 Å². The van der Waals surface area contributed by atoms with E-state index in [1.165, 1.54) is 6.07 Å². The molecule has 0 fully saturated rings. The predicted molar refractivity (Wildman–Crippen MR) is 45.6 cm³/mol. The fraction of sp³-hybridized carbons (Fsp3) is 0.143. The van der Waals surface area contributed by atoms with Crippen LogP contribution in [0.15, 0.2) is 6.07 Å². The van der Waals surface area contributed by atoms with Gasteiger partial charge >= 0.3 is 0 Å². The zero-order valence-corrected chi connectivity index (χ0v) is 7.70. The van der Waals surface area contributed by atoms with Crippen LogP contribution in [-0.2, 0) is 0 Å². The van der Waals surface area contributed by atoms with E-state index >= 15 is 0 Å². The average Bonchev–Trinajstić information content (AvgIpc) is 2.15. The fourth-order valence-corrected chi connectivity index (χ4v) is 1.15. The first-order valence-electron chi connectivity index (χ1n) is 3.50. The van der Waals surface area contributed by atoms with Crippen LogP contribution in [0.4, 0.5) is 14.5 Å². The molecule has 0 saturated heterocycles. The quantitative estimate of drug-likeness (QED) is 0.446. The largest absolute Gasteiger partial charge is 0.284 e. The van der Waals surface area contributed by atoms with Crippen LogP contribution in [-0.4, -0.2) is 9.91 Å². The third-order valence-electron chi connectivity index (χ3n) is 1.53. The lowest BCUT2D eigenvalue weighted by Crippen LogP contribution is -2.01. The molecule has 0 aliphatic rings. The molecule has 0 amide bonds. The van der Waals surface area contributed by atoms with Crippen molar-refractivity contribution in [2.45, 2.75) is 6.43 Å². The summed E-state index contributed by atoms with van der Waals surface area (Å²) in [6.07, 6.45) is -3.15. The monoisotopic (exact) mass is 233 g/mol. The maximum Gasteiger partial charge on any atom is 0.284 e. The molecule has 0 aliphatic heterocycles. The smallest absolute Gasteiger partial charge is 0.258 e. The zero-order valence-electron chi connectivity index (χ0n) is 6.95. The Morgan fingerprint density at radius 3 is 2.67 bits per heavy atom. The molecule has 15 heavy (non-hydrogen) atoms. The minimum Gasteiger partial charge on any atom is -0.258 e. The van der Waals surface area contributed by atoms with Crippen LogP contribution < -0.4 is 0 Å². The summed E-state index contributed by atoms with van der Waals surface area (Å²) < 4.78 is 24.9. The van der Waals surface area contributed by atoms with E-state index < -0.39 is 28.3 Å². The van der Waals surface area contributed by atoms with Crippen LogP contribution in [0.3, 0.4) is 0 Å². The van der Waals surface area contributed by atoms with Crippen LogP contribution in [0, 0.1) is 21.4 Å². The molecule has 5 nitrogen and oxygen atoms in total. The van der Waals surface area contributed by atoms with E-state index in [9.17, 15) is 18.9 Å². The number of rotatable bonds is 2. The fourth-order valence-electron chi connectivity index (χ4n) is 0.963. The van der Waals surface area contributed by atoms with Crippen LogP contribution >= 0.6 is 11.6 Å². The summed E-state index contributed by atoms with van der Waals surface area (Å²) >= 11 is 5.34. The summed E-state index contributed by atoms with van der Waals surface area (Å²) in [6, 6.07) is 2.02. The first-order chi connectivity index (χ1) is 6.97. The lowest BCUT2D eigenvalue weighted by atomic mass is 10.2. The second-order valence-corrected chi connectivity index (χ2v) is 2.78. The minimum absolute atomic E-state index is 0.373. The SMILES string of the molecule is N#Cc1nc(Cl)cc([N+](=O)[O-])c1C(F)F. The van der Waals surface area contributed by atoms with Crippen LogP contribution in [0.25, 0.3) is 0 Å². The third-order valence-corrected chi connectivity index (χ3v) is 1.72. The van der Waals surface area contributed by atoms with Crippen molar-refractivity contribution in [3.8, 4) is 6.07 Å². The number of halogens is 3. The molecule has 78 valence electrons. The van der Waals surface area contributed by atoms with Gasteiger partial charge in [-0.1, -0.05) is 11.6 Å². The number of pyridine rings is 1. The molecule has 1 heterocycles. The highest BCUT2D eigenvalue weighted by atomic mass is 35.5. The minimum atomic E-state index is -3.15. The number of hydrogen-bond donors (Lipinski definition) is 0. The summed E-state index contributed by atoms with van der Waals surface area (Å²) in [5, 5.41) is 18.5. The Morgan fingerprint density at radius 1 is 1.67 bits per heavy atom. The number of alkyl halides is 2. The molecule has 1 rings (SSSR count). The van der Waals surface area contributed by atoms with Gasteiger partial charge in [0.25, 0.3) is 12.1 Å². The Labute approximate surface area is 87.1 Å². The first kappa shape index (κ1) is 11.3. The molecular weight excluding hydrogens is 232 g/mol. The summed E-state index contributed by atoms with van der Waals surface area (Å²) in [5.41, 5.74) is -2.64. The summed E-state index contributed by atoms with van der Waals surface area (Å²) in [6.45, 7) is 0. The van der Waals surface area contributed by atoms with Gasteiger partial charge in [-0.25, -0.2) is 13.8 Å². The van der Waals surface area contributed by atoms with Gasteiger partial charge in [-0.3, -0.25) is 10.1 Å². The number of nitrogens with zero attached hydrogens (tertiary/aromatic N) is 3. The molecule has 8 heteroatoms. The standard InChI is InChI=1S/C7H2ClF2N3O2/c8-5-1-4(13(14)15)6(7(9)10)3(2-11)12-5/h1,7H. The molecule has 0 spiro atoms. The number of nitriles is 1. The Hall–Kier alpha value is -1.81. The molecule has 1 aromatic rings. The Balaban J connectivity index is 3.56. The van der Waals surface area contributed by atoms with Crippen LogP contribution in [0.1, 0.15) is 17.7 Å².